The first-order chi connectivity index (χ1) is 8.12. The zero-order chi connectivity index (χ0) is 13.3. The van der Waals surface area contributed by atoms with Crippen molar-refractivity contribution in [1.29, 1.82) is 0 Å². The lowest BCUT2D eigenvalue weighted by Gasteiger charge is -2.28. The van der Waals surface area contributed by atoms with Gasteiger partial charge >= 0.3 is 5.96 Å². The van der Waals surface area contributed by atoms with Crippen LogP contribution in [0.3, 0.4) is 0 Å². The van der Waals surface area contributed by atoms with Gasteiger partial charge in [-0.2, -0.15) is 0 Å². The van der Waals surface area contributed by atoms with E-state index in [1.165, 1.54) is 25.2 Å². The molecule has 0 unspecified atom stereocenters. The van der Waals surface area contributed by atoms with Crippen LogP contribution in [0.2, 0.25) is 0 Å². The molecule has 0 atom stereocenters. The van der Waals surface area contributed by atoms with Crippen molar-refractivity contribution in [1.82, 2.24) is 9.80 Å². The van der Waals surface area contributed by atoms with Gasteiger partial charge in [-0.3, -0.25) is 14.4 Å². The number of rotatable bonds is 7. The van der Waals surface area contributed by atoms with Gasteiger partial charge in [0.25, 0.3) is 0 Å². The first kappa shape index (κ1) is 16.3. The predicted molar refractivity (Wildman–Crippen MR) is 76.8 cm³/mol. The Bertz CT molecular complexity index is 214. The van der Waals surface area contributed by atoms with E-state index in [2.05, 4.69) is 56.2 Å². The maximum atomic E-state index is 2.53. The Hall–Kier alpha value is -0.730. The van der Waals surface area contributed by atoms with Crippen molar-refractivity contribution >= 4 is 5.96 Å². The molecule has 0 aromatic heterocycles. The lowest BCUT2D eigenvalue weighted by Crippen LogP contribution is -2.49. The fraction of sp³-hybridized carbons (Fsp3) is 0.929. The second-order valence-corrected chi connectivity index (χ2v) is 4.76. The average molecular weight is 242 g/mol. The van der Waals surface area contributed by atoms with E-state index >= 15 is 0 Å². The zero-order valence-corrected chi connectivity index (χ0v) is 12.8. The molecule has 0 amide bonds. The summed E-state index contributed by atoms with van der Waals surface area (Å²) in [6, 6.07) is 0. The maximum Gasteiger partial charge on any atom is 0.350 e. The quantitative estimate of drug-likeness (QED) is 0.385. The summed E-state index contributed by atoms with van der Waals surface area (Å²) in [7, 11) is 4.32. The third-order valence-corrected chi connectivity index (χ3v) is 2.83. The summed E-state index contributed by atoms with van der Waals surface area (Å²) in [4.78, 5) is 5.02. The van der Waals surface area contributed by atoms with Gasteiger partial charge in [-0.05, 0) is 26.2 Å². The summed E-state index contributed by atoms with van der Waals surface area (Å²) in [5.41, 5.74) is 0. The monoisotopic (exact) mass is 242 g/mol. The minimum absolute atomic E-state index is 1.09. The maximum absolute atomic E-state index is 2.53. The first-order valence-corrected chi connectivity index (χ1v) is 7.16. The summed E-state index contributed by atoms with van der Waals surface area (Å²) in [5.74, 6) is 1.39. The van der Waals surface area contributed by atoms with Crippen LogP contribution < -0.4 is 0 Å². The van der Waals surface area contributed by atoms with Gasteiger partial charge in [0.1, 0.15) is 0 Å². The molecule has 0 aromatic rings. The highest BCUT2D eigenvalue weighted by Gasteiger charge is 2.24. The Balaban J connectivity index is 4.96. The molecule has 0 aliphatic carbocycles. The Kier molecular flexibility index (Phi) is 8.92. The lowest BCUT2D eigenvalue weighted by atomic mass is 10.3. The molecule has 0 aliphatic rings. The van der Waals surface area contributed by atoms with E-state index in [0.29, 0.717) is 0 Å². The van der Waals surface area contributed by atoms with Gasteiger partial charge in [0, 0.05) is 0 Å². The van der Waals surface area contributed by atoms with Gasteiger partial charge in [-0.15, -0.1) is 0 Å². The van der Waals surface area contributed by atoms with Crippen LogP contribution in [0.5, 0.6) is 0 Å². The number of hydrogen-bond acceptors (Lipinski definition) is 0. The molecular formula is C14H32N3+. The van der Waals surface area contributed by atoms with Crippen molar-refractivity contribution < 1.29 is 4.58 Å². The molecule has 0 aromatic carbocycles. The van der Waals surface area contributed by atoms with Crippen LogP contribution in [0.15, 0.2) is 0 Å². The largest absolute Gasteiger partial charge is 0.350 e. The highest BCUT2D eigenvalue weighted by Crippen LogP contribution is 2.03. The SMILES string of the molecule is CCCN(CC)C(N(CCC)CCC)=[N+](C)C. The number of nitrogens with zero attached hydrogens (tertiary/aromatic N) is 3. The van der Waals surface area contributed by atoms with Crippen molar-refractivity contribution in [3.05, 3.63) is 0 Å². The highest BCUT2D eigenvalue weighted by molar-refractivity contribution is 5.75. The van der Waals surface area contributed by atoms with Crippen molar-refractivity contribution in [3.63, 3.8) is 0 Å². The molecule has 0 heterocycles. The Morgan fingerprint density at radius 3 is 1.47 bits per heavy atom. The van der Waals surface area contributed by atoms with E-state index in [1.807, 2.05) is 0 Å². The van der Waals surface area contributed by atoms with Crippen molar-refractivity contribution in [3.8, 4) is 0 Å². The second-order valence-electron chi connectivity index (χ2n) is 4.76. The summed E-state index contributed by atoms with van der Waals surface area (Å²) in [6.45, 7) is 13.6. The molecule has 0 saturated heterocycles. The summed E-state index contributed by atoms with van der Waals surface area (Å²) < 4.78 is 2.27. The molecule has 0 bridgehead atoms. The molecule has 17 heavy (non-hydrogen) atoms. The van der Waals surface area contributed by atoms with E-state index in [1.54, 1.807) is 0 Å². The predicted octanol–water partition coefficient (Wildman–Crippen LogP) is 2.47. The van der Waals surface area contributed by atoms with Gasteiger partial charge in [0.15, 0.2) is 0 Å². The Morgan fingerprint density at radius 1 is 0.765 bits per heavy atom. The highest BCUT2D eigenvalue weighted by atomic mass is 15.4. The van der Waals surface area contributed by atoms with E-state index < -0.39 is 0 Å². The third-order valence-electron chi connectivity index (χ3n) is 2.83. The Labute approximate surface area is 108 Å². The standard InChI is InChI=1S/C14H32N3/c1-7-11-16(10-4)14(15(5)6)17(12-8-2)13-9-3/h7-13H2,1-6H3/q+1. The van der Waals surface area contributed by atoms with E-state index in [9.17, 15) is 0 Å². The normalized spacial score (nSPS) is 10.2. The van der Waals surface area contributed by atoms with E-state index in [4.69, 9.17) is 0 Å². The summed E-state index contributed by atoms with van der Waals surface area (Å²) >= 11 is 0. The van der Waals surface area contributed by atoms with Crippen LogP contribution in [-0.4, -0.2) is 60.6 Å². The minimum Gasteiger partial charge on any atom is -0.270 e. The molecule has 102 valence electrons. The Morgan fingerprint density at radius 2 is 1.18 bits per heavy atom. The molecule has 0 aliphatic heterocycles. The molecule has 0 radical (unpaired) electrons. The van der Waals surface area contributed by atoms with Gasteiger partial charge < -0.3 is 0 Å². The topological polar surface area (TPSA) is 9.49 Å². The third kappa shape index (κ3) is 5.42. The molecular weight excluding hydrogens is 210 g/mol. The van der Waals surface area contributed by atoms with Gasteiger partial charge in [-0.1, -0.05) is 20.8 Å². The molecule has 0 rings (SSSR count). The fourth-order valence-electron chi connectivity index (χ4n) is 2.29. The van der Waals surface area contributed by atoms with E-state index in [0.717, 1.165) is 26.2 Å². The number of hydrogen-bond donors (Lipinski definition) is 0. The molecule has 0 spiro atoms. The first-order valence-electron chi connectivity index (χ1n) is 7.16. The van der Waals surface area contributed by atoms with Crippen LogP contribution in [-0.2, 0) is 0 Å². The van der Waals surface area contributed by atoms with Crippen LogP contribution in [0.25, 0.3) is 0 Å². The summed E-state index contributed by atoms with van der Waals surface area (Å²) in [6.07, 6.45) is 3.62. The van der Waals surface area contributed by atoms with Crippen molar-refractivity contribution in [2.24, 2.45) is 0 Å². The molecule has 3 heteroatoms. The molecule has 0 N–H and O–H groups in total. The second kappa shape index (κ2) is 9.32. The van der Waals surface area contributed by atoms with Gasteiger partial charge in [0.2, 0.25) is 0 Å². The van der Waals surface area contributed by atoms with Crippen LogP contribution in [0, 0.1) is 0 Å². The molecule has 0 saturated carbocycles. The molecule has 0 fully saturated rings. The average Bonchev–Trinajstić information content (AvgIpc) is 2.28. The lowest BCUT2D eigenvalue weighted by molar-refractivity contribution is -0.476. The van der Waals surface area contributed by atoms with Crippen molar-refractivity contribution in [2.75, 3.05) is 40.3 Å². The van der Waals surface area contributed by atoms with Crippen molar-refractivity contribution in [2.45, 2.75) is 47.0 Å². The van der Waals surface area contributed by atoms with Crippen LogP contribution in [0.4, 0.5) is 0 Å². The minimum atomic E-state index is 1.09. The van der Waals surface area contributed by atoms with Crippen LogP contribution in [0.1, 0.15) is 47.0 Å². The fourth-order valence-corrected chi connectivity index (χ4v) is 2.29. The van der Waals surface area contributed by atoms with Gasteiger partial charge in [0.05, 0.1) is 40.3 Å². The molecule has 3 nitrogen and oxygen atoms in total. The van der Waals surface area contributed by atoms with Crippen LogP contribution >= 0.6 is 0 Å². The van der Waals surface area contributed by atoms with E-state index in [-0.39, 0.29) is 0 Å². The summed E-state index contributed by atoms with van der Waals surface area (Å²) in [5, 5.41) is 0. The number of guanidine groups is 1. The van der Waals surface area contributed by atoms with Gasteiger partial charge in [-0.25, -0.2) is 0 Å². The smallest absolute Gasteiger partial charge is 0.270 e. The zero-order valence-electron chi connectivity index (χ0n) is 12.8.